The molecule has 17 heavy (non-hydrogen) atoms. The van der Waals surface area contributed by atoms with Gasteiger partial charge in [0.15, 0.2) is 0 Å². The first-order valence-electron chi connectivity index (χ1n) is 4.96. The first kappa shape index (κ1) is 11.8. The zero-order valence-electron chi connectivity index (χ0n) is 9.51. The molecule has 2 heterocycles. The molecule has 2 aromatic heterocycles. The zero-order chi connectivity index (χ0) is 12.5. The maximum absolute atomic E-state index is 11.8. The van der Waals surface area contributed by atoms with Gasteiger partial charge in [-0.2, -0.15) is 10.2 Å². The molecule has 0 aliphatic carbocycles. The van der Waals surface area contributed by atoms with E-state index in [9.17, 15) is 8.42 Å². The number of sulfonamides is 1. The van der Waals surface area contributed by atoms with Gasteiger partial charge in [0.25, 0.3) is 0 Å². The van der Waals surface area contributed by atoms with E-state index in [0.29, 0.717) is 0 Å². The fourth-order valence-corrected chi connectivity index (χ4v) is 2.27. The minimum Gasteiger partial charge on any atom is -0.284 e. The van der Waals surface area contributed by atoms with Crippen LogP contribution in [-0.4, -0.2) is 28.4 Å². The molecule has 0 aromatic carbocycles. The number of aromatic nitrogens is 4. The molecule has 0 aliphatic heterocycles. The Morgan fingerprint density at radius 2 is 2.24 bits per heavy atom. The van der Waals surface area contributed by atoms with Crippen LogP contribution in [0.3, 0.4) is 0 Å². The fraction of sp³-hybridized carbons (Fsp3) is 0.333. The van der Waals surface area contributed by atoms with Crippen molar-refractivity contribution in [3.05, 3.63) is 29.8 Å². The minimum atomic E-state index is -3.50. The Kier molecular flexibility index (Phi) is 2.99. The van der Waals surface area contributed by atoms with E-state index in [4.69, 9.17) is 0 Å². The van der Waals surface area contributed by atoms with E-state index < -0.39 is 10.0 Å². The van der Waals surface area contributed by atoms with Crippen LogP contribution < -0.4 is 4.72 Å². The summed E-state index contributed by atoms with van der Waals surface area (Å²) in [5.74, 6) is 0. The van der Waals surface area contributed by atoms with Crippen molar-refractivity contribution >= 4 is 10.0 Å². The minimum absolute atomic E-state index is 0.124. The molecule has 0 unspecified atom stereocenters. The molecule has 0 fully saturated rings. The van der Waals surface area contributed by atoms with Gasteiger partial charge in [-0.1, -0.05) is 0 Å². The summed E-state index contributed by atoms with van der Waals surface area (Å²) in [6, 6.07) is 0. The van der Waals surface area contributed by atoms with E-state index in [2.05, 4.69) is 20.0 Å². The van der Waals surface area contributed by atoms with Crippen LogP contribution in [0.1, 0.15) is 11.3 Å². The number of nitrogens with zero attached hydrogens (tertiary/aromatic N) is 3. The number of rotatable bonds is 4. The van der Waals surface area contributed by atoms with E-state index >= 15 is 0 Å². The van der Waals surface area contributed by atoms with Crippen molar-refractivity contribution in [2.75, 3.05) is 0 Å². The van der Waals surface area contributed by atoms with E-state index in [-0.39, 0.29) is 11.4 Å². The Hall–Kier alpha value is -1.67. The Bertz CT molecular complexity index is 599. The van der Waals surface area contributed by atoms with Gasteiger partial charge in [-0.25, -0.2) is 13.1 Å². The first-order valence-corrected chi connectivity index (χ1v) is 6.45. The Morgan fingerprint density at radius 3 is 2.76 bits per heavy atom. The topological polar surface area (TPSA) is 92.7 Å². The van der Waals surface area contributed by atoms with Crippen molar-refractivity contribution in [3.63, 3.8) is 0 Å². The largest absolute Gasteiger partial charge is 0.284 e. The van der Waals surface area contributed by atoms with Crippen molar-refractivity contribution in [3.8, 4) is 0 Å². The molecule has 0 atom stereocenters. The lowest BCUT2D eigenvalue weighted by molar-refractivity contribution is 0.581. The molecular formula is C9H13N5O2S. The molecule has 2 rings (SSSR count). The third kappa shape index (κ3) is 2.37. The summed E-state index contributed by atoms with van der Waals surface area (Å²) >= 11 is 0. The third-order valence-electron chi connectivity index (χ3n) is 2.57. The molecule has 0 spiro atoms. The molecule has 92 valence electrons. The van der Waals surface area contributed by atoms with Crippen molar-refractivity contribution < 1.29 is 8.42 Å². The summed E-state index contributed by atoms with van der Waals surface area (Å²) < 4.78 is 27.8. The summed E-state index contributed by atoms with van der Waals surface area (Å²) in [4.78, 5) is 0.124. The second-order valence-corrected chi connectivity index (χ2v) is 5.40. The highest BCUT2D eigenvalue weighted by Crippen LogP contribution is 2.08. The van der Waals surface area contributed by atoms with Crippen molar-refractivity contribution in [2.45, 2.75) is 18.4 Å². The molecular weight excluding hydrogens is 242 g/mol. The number of aryl methyl sites for hydroxylation is 1. The van der Waals surface area contributed by atoms with Gasteiger partial charge < -0.3 is 0 Å². The lowest BCUT2D eigenvalue weighted by Gasteiger charge is -2.04. The molecule has 0 saturated heterocycles. The van der Waals surface area contributed by atoms with Crippen LogP contribution in [0.4, 0.5) is 0 Å². The van der Waals surface area contributed by atoms with Gasteiger partial charge in [0.2, 0.25) is 10.0 Å². The van der Waals surface area contributed by atoms with Crippen LogP contribution in [0.15, 0.2) is 23.5 Å². The molecule has 0 radical (unpaired) electrons. The van der Waals surface area contributed by atoms with Crippen LogP contribution in [0.2, 0.25) is 0 Å². The quantitative estimate of drug-likeness (QED) is 0.799. The normalized spacial score (nSPS) is 11.9. The van der Waals surface area contributed by atoms with Gasteiger partial charge in [-0.15, -0.1) is 0 Å². The van der Waals surface area contributed by atoms with Crippen LogP contribution in [-0.2, 0) is 23.6 Å². The van der Waals surface area contributed by atoms with Gasteiger partial charge in [-0.3, -0.25) is 9.78 Å². The highest BCUT2D eigenvalue weighted by molar-refractivity contribution is 7.89. The van der Waals surface area contributed by atoms with Gasteiger partial charge in [0, 0.05) is 31.0 Å². The molecule has 7 nitrogen and oxygen atoms in total. The lowest BCUT2D eigenvalue weighted by atomic mass is 10.3. The summed E-state index contributed by atoms with van der Waals surface area (Å²) in [6.07, 6.45) is 4.24. The van der Waals surface area contributed by atoms with Gasteiger partial charge in [-0.05, 0) is 6.92 Å². The predicted octanol–water partition coefficient (Wildman–Crippen LogP) is -0.0699. The Balaban J connectivity index is 2.11. The van der Waals surface area contributed by atoms with Crippen molar-refractivity contribution in [2.24, 2.45) is 7.05 Å². The summed E-state index contributed by atoms with van der Waals surface area (Å²) in [5, 5.41) is 10.1. The van der Waals surface area contributed by atoms with E-state index in [1.807, 2.05) is 14.0 Å². The average Bonchev–Trinajstić information content (AvgIpc) is 2.90. The second kappa shape index (κ2) is 4.30. The number of H-pyrrole nitrogens is 1. The molecule has 0 amide bonds. The maximum atomic E-state index is 11.8. The standard InChI is InChI=1S/C9H13N5O2S/c1-7-8(3-12-14(7)2)4-13-17(15,16)9-5-10-11-6-9/h3,5-6,13H,4H2,1-2H3,(H,10,11). The number of nitrogens with one attached hydrogen (secondary N) is 2. The molecule has 0 aliphatic rings. The van der Waals surface area contributed by atoms with E-state index in [1.165, 1.54) is 12.4 Å². The van der Waals surface area contributed by atoms with Crippen LogP contribution in [0.25, 0.3) is 0 Å². The summed E-state index contributed by atoms with van der Waals surface area (Å²) in [5.41, 5.74) is 1.78. The van der Waals surface area contributed by atoms with Gasteiger partial charge in [0.1, 0.15) is 4.90 Å². The van der Waals surface area contributed by atoms with Crippen molar-refractivity contribution in [1.29, 1.82) is 0 Å². The fourth-order valence-electron chi connectivity index (χ4n) is 1.36. The third-order valence-corrected chi connectivity index (χ3v) is 3.94. The molecule has 8 heteroatoms. The van der Waals surface area contributed by atoms with Crippen LogP contribution >= 0.6 is 0 Å². The van der Waals surface area contributed by atoms with E-state index in [1.54, 1.807) is 10.9 Å². The smallest absolute Gasteiger partial charge is 0.243 e. The van der Waals surface area contributed by atoms with Gasteiger partial charge in [0.05, 0.1) is 12.4 Å². The lowest BCUT2D eigenvalue weighted by Crippen LogP contribution is -2.23. The zero-order valence-corrected chi connectivity index (χ0v) is 10.3. The highest BCUT2D eigenvalue weighted by atomic mass is 32.2. The van der Waals surface area contributed by atoms with E-state index in [0.717, 1.165) is 11.3 Å². The van der Waals surface area contributed by atoms with Crippen molar-refractivity contribution in [1.82, 2.24) is 24.7 Å². The Labute approximate surface area is 98.9 Å². The molecule has 2 N–H and O–H groups in total. The maximum Gasteiger partial charge on any atom is 0.243 e. The number of hydrogen-bond acceptors (Lipinski definition) is 4. The SMILES string of the molecule is Cc1c(CNS(=O)(=O)c2cn[nH]c2)cnn1C. The average molecular weight is 255 g/mol. The molecule has 2 aromatic rings. The first-order chi connectivity index (χ1) is 8.00. The summed E-state index contributed by atoms with van der Waals surface area (Å²) in [7, 11) is -1.69. The molecule has 0 bridgehead atoms. The molecule has 0 saturated carbocycles. The Morgan fingerprint density at radius 1 is 1.47 bits per heavy atom. The van der Waals surface area contributed by atoms with Gasteiger partial charge >= 0.3 is 0 Å². The van der Waals surface area contributed by atoms with Crippen LogP contribution in [0.5, 0.6) is 0 Å². The predicted molar refractivity (Wildman–Crippen MR) is 60.6 cm³/mol. The van der Waals surface area contributed by atoms with Crippen LogP contribution in [0, 0.1) is 6.92 Å². The monoisotopic (exact) mass is 255 g/mol. The number of hydrogen-bond donors (Lipinski definition) is 2. The summed E-state index contributed by atoms with van der Waals surface area (Å²) in [6.45, 7) is 2.10. The number of aromatic amines is 1. The highest BCUT2D eigenvalue weighted by Gasteiger charge is 2.15. The second-order valence-electron chi connectivity index (χ2n) is 3.64.